The van der Waals surface area contributed by atoms with E-state index in [0.717, 1.165) is 41.8 Å². The van der Waals surface area contributed by atoms with Crippen LogP contribution in [-0.2, 0) is 19.5 Å². The Kier molecular flexibility index (Phi) is 4.32. The number of fused-ring (bicyclic) bond motifs is 1. The number of ether oxygens (including phenoxy) is 1. The Morgan fingerprint density at radius 2 is 2.29 bits per heavy atom. The van der Waals surface area contributed by atoms with Crippen molar-refractivity contribution in [2.24, 2.45) is 0 Å². The molecule has 3 heterocycles. The van der Waals surface area contributed by atoms with E-state index in [4.69, 9.17) is 17.0 Å². The Bertz CT molecular complexity index is 718. The third-order valence-electron chi connectivity index (χ3n) is 3.54. The lowest BCUT2D eigenvalue weighted by Crippen LogP contribution is -2.31. The molecule has 1 aliphatic rings. The zero-order valence-electron chi connectivity index (χ0n) is 11.6. The highest BCUT2D eigenvalue weighted by atomic mass is 79.9. The van der Waals surface area contributed by atoms with Gasteiger partial charge in [-0.1, -0.05) is 0 Å². The van der Waals surface area contributed by atoms with Gasteiger partial charge in [-0.2, -0.15) is 0 Å². The number of pyridine rings is 1. The van der Waals surface area contributed by atoms with Crippen LogP contribution in [0.4, 0.5) is 0 Å². The average molecular weight is 367 g/mol. The van der Waals surface area contributed by atoms with Gasteiger partial charge in [-0.25, -0.2) is 9.97 Å². The molecule has 1 aliphatic heterocycles. The Morgan fingerprint density at radius 3 is 3.10 bits per heavy atom. The molecule has 3 rings (SSSR count). The number of aromatic nitrogens is 3. The van der Waals surface area contributed by atoms with Gasteiger partial charge in [0.25, 0.3) is 0 Å². The van der Waals surface area contributed by atoms with Crippen molar-refractivity contribution in [3.8, 4) is 5.88 Å². The molecule has 0 fully saturated rings. The summed E-state index contributed by atoms with van der Waals surface area (Å²) in [6, 6.07) is 2.05. The summed E-state index contributed by atoms with van der Waals surface area (Å²) in [6.07, 6.45) is 4.60. The lowest BCUT2D eigenvalue weighted by atomic mass is 10.1. The van der Waals surface area contributed by atoms with Gasteiger partial charge in [0.2, 0.25) is 5.88 Å². The lowest BCUT2D eigenvalue weighted by molar-refractivity contribution is 0.236. The maximum atomic E-state index is 5.34. The Hall–Kier alpha value is -1.31. The molecule has 0 saturated carbocycles. The van der Waals surface area contributed by atoms with Crippen molar-refractivity contribution in [1.29, 1.82) is 0 Å². The first kappa shape index (κ1) is 14.6. The molecule has 0 radical (unpaired) electrons. The van der Waals surface area contributed by atoms with Gasteiger partial charge in [0.15, 0.2) is 4.77 Å². The van der Waals surface area contributed by atoms with Crippen LogP contribution in [-0.4, -0.2) is 33.5 Å². The van der Waals surface area contributed by atoms with E-state index in [1.165, 1.54) is 5.56 Å². The molecule has 0 amide bonds. The number of rotatable bonds is 3. The number of H-pyrrole nitrogens is 1. The molecule has 0 unspecified atom stereocenters. The van der Waals surface area contributed by atoms with Gasteiger partial charge in [-0.05, 0) is 46.2 Å². The SMILES string of the molecule is COc1ncc(Br)cc1CN1CCc2cnc(=S)[nH]c2C1. The molecule has 0 bridgehead atoms. The minimum atomic E-state index is 0.539. The number of hydrogen-bond acceptors (Lipinski definition) is 5. The molecule has 110 valence electrons. The molecule has 0 aromatic carbocycles. The summed E-state index contributed by atoms with van der Waals surface area (Å²) < 4.78 is 6.83. The van der Waals surface area contributed by atoms with Gasteiger partial charge in [-0.3, -0.25) is 4.90 Å². The Morgan fingerprint density at radius 1 is 1.43 bits per heavy atom. The first-order valence-electron chi connectivity index (χ1n) is 6.63. The van der Waals surface area contributed by atoms with E-state index in [0.29, 0.717) is 10.7 Å². The van der Waals surface area contributed by atoms with Gasteiger partial charge in [0, 0.05) is 47.8 Å². The summed E-state index contributed by atoms with van der Waals surface area (Å²) in [7, 11) is 1.65. The molecule has 0 aliphatic carbocycles. The van der Waals surface area contributed by atoms with Crippen LogP contribution in [0.25, 0.3) is 0 Å². The molecule has 0 spiro atoms. The van der Waals surface area contributed by atoms with Crippen LogP contribution in [0.5, 0.6) is 5.88 Å². The van der Waals surface area contributed by atoms with Crippen LogP contribution >= 0.6 is 28.1 Å². The summed E-state index contributed by atoms with van der Waals surface area (Å²) >= 11 is 8.56. The summed E-state index contributed by atoms with van der Waals surface area (Å²) in [4.78, 5) is 14.0. The van der Waals surface area contributed by atoms with Crippen molar-refractivity contribution in [3.63, 3.8) is 0 Å². The van der Waals surface area contributed by atoms with Gasteiger partial charge >= 0.3 is 0 Å². The van der Waals surface area contributed by atoms with Crippen molar-refractivity contribution in [2.45, 2.75) is 19.5 Å². The molecule has 21 heavy (non-hydrogen) atoms. The van der Waals surface area contributed by atoms with Crippen molar-refractivity contribution in [1.82, 2.24) is 19.9 Å². The zero-order chi connectivity index (χ0) is 14.8. The maximum Gasteiger partial charge on any atom is 0.217 e. The largest absolute Gasteiger partial charge is 0.481 e. The molecular formula is C14H15BrN4OS. The second-order valence-electron chi connectivity index (χ2n) is 4.97. The number of methoxy groups -OCH3 is 1. The fraction of sp³-hybridized carbons (Fsp3) is 0.357. The normalized spacial score (nSPS) is 14.8. The van der Waals surface area contributed by atoms with Crippen LogP contribution in [0.3, 0.4) is 0 Å². The quantitative estimate of drug-likeness (QED) is 0.846. The van der Waals surface area contributed by atoms with Gasteiger partial charge < -0.3 is 9.72 Å². The molecule has 2 aromatic heterocycles. The highest BCUT2D eigenvalue weighted by Crippen LogP contribution is 2.24. The van der Waals surface area contributed by atoms with Crippen molar-refractivity contribution >= 4 is 28.1 Å². The summed E-state index contributed by atoms with van der Waals surface area (Å²) in [6.45, 7) is 2.60. The molecule has 0 saturated heterocycles. The third-order valence-corrected chi connectivity index (χ3v) is 4.18. The highest BCUT2D eigenvalue weighted by molar-refractivity contribution is 9.10. The Balaban J connectivity index is 1.81. The van der Waals surface area contributed by atoms with E-state index in [9.17, 15) is 0 Å². The van der Waals surface area contributed by atoms with E-state index >= 15 is 0 Å². The van der Waals surface area contributed by atoms with E-state index in [1.54, 1.807) is 13.3 Å². The summed E-state index contributed by atoms with van der Waals surface area (Å²) in [5, 5.41) is 0. The number of hydrogen-bond donors (Lipinski definition) is 1. The number of aromatic amines is 1. The first-order valence-corrected chi connectivity index (χ1v) is 7.83. The van der Waals surface area contributed by atoms with Gasteiger partial charge in [0.1, 0.15) is 0 Å². The molecule has 2 aromatic rings. The lowest BCUT2D eigenvalue weighted by Gasteiger charge is -2.28. The fourth-order valence-corrected chi connectivity index (χ4v) is 3.09. The molecule has 7 heteroatoms. The predicted molar refractivity (Wildman–Crippen MR) is 85.7 cm³/mol. The Labute approximate surface area is 136 Å². The van der Waals surface area contributed by atoms with Crippen LogP contribution in [0.15, 0.2) is 22.9 Å². The average Bonchev–Trinajstić information content (AvgIpc) is 2.47. The van der Waals surface area contributed by atoms with Crippen LogP contribution in [0.1, 0.15) is 16.8 Å². The standard InChI is InChI=1S/C14H15BrN4OS/c1-20-13-10(4-11(15)6-16-13)7-19-3-2-9-5-17-14(21)18-12(9)8-19/h4-6H,2-3,7-8H2,1H3,(H,17,18,21). The van der Waals surface area contributed by atoms with Gasteiger partial charge in [0.05, 0.1) is 7.11 Å². The van der Waals surface area contributed by atoms with Gasteiger partial charge in [-0.15, -0.1) is 0 Å². The van der Waals surface area contributed by atoms with E-state index in [2.05, 4.69) is 41.8 Å². The smallest absolute Gasteiger partial charge is 0.217 e. The minimum Gasteiger partial charge on any atom is -0.481 e. The van der Waals surface area contributed by atoms with E-state index < -0.39 is 0 Å². The summed E-state index contributed by atoms with van der Waals surface area (Å²) in [5.74, 6) is 0.673. The second kappa shape index (κ2) is 6.21. The molecule has 0 atom stereocenters. The van der Waals surface area contributed by atoms with E-state index in [1.807, 2.05) is 6.20 Å². The van der Waals surface area contributed by atoms with Crippen molar-refractivity contribution < 1.29 is 4.74 Å². The monoisotopic (exact) mass is 366 g/mol. The third kappa shape index (κ3) is 3.30. The predicted octanol–water partition coefficient (Wildman–Crippen LogP) is 2.86. The second-order valence-corrected chi connectivity index (χ2v) is 6.28. The molecule has 5 nitrogen and oxygen atoms in total. The van der Waals surface area contributed by atoms with Crippen LogP contribution in [0, 0.1) is 4.77 Å². The van der Waals surface area contributed by atoms with E-state index in [-0.39, 0.29) is 0 Å². The van der Waals surface area contributed by atoms with Crippen LogP contribution < -0.4 is 4.74 Å². The number of nitrogens with one attached hydrogen (secondary N) is 1. The van der Waals surface area contributed by atoms with Crippen LogP contribution in [0.2, 0.25) is 0 Å². The van der Waals surface area contributed by atoms with Crippen molar-refractivity contribution in [2.75, 3.05) is 13.7 Å². The maximum absolute atomic E-state index is 5.34. The topological polar surface area (TPSA) is 54.0 Å². The highest BCUT2D eigenvalue weighted by Gasteiger charge is 2.19. The van der Waals surface area contributed by atoms with Crippen molar-refractivity contribution in [3.05, 3.63) is 44.5 Å². The first-order chi connectivity index (χ1) is 10.2. The zero-order valence-corrected chi connectivity index (χ0v) is 14.0. The number of halogens is 1. The molecular weight excluding hydrogens is 352 g/mol. The fourth-order valence-electron chi connectivity index (χ4n) is 2.54. The minimum absolute atomic E-state index is 0.539. The summed E-state index contributed by atoms with van der Waals surface area (Å²) in [5.41, 5.74) is 3.48. The number of nitrogens with zero attached hydrogens (tertiary/aromatic N) is 3. The molecule has 1 N–H and O–H groups in total.